The summed E-state index contributed by atoms with van der Waals surface area (Å²) in [7, 11) is -3.87. The maximum Gasteiger partial charge on any atom is 0.410 e. The van der Waals surface area contributed by atoms with Crippen molar-refractivity contribution >= 4 is 21.8 Å². The number of sulfonamides is 1. The Balaban J connectivity index is 1.72. The van der Waals surface area contributed by atoms with Crippen molar-refractivity contribution in [1.82, 2.24) is 4.90 Å². The highest BCUT2D eigenvalue weighted by molar-refractivity contribution is 7.92. The lowest BCUT2D eigenvalue weighted by molar-refractivity contribution is 0.0146. The third kappa shape index (κ3) is 6.96. The summed E-state index contributed by atoms with van der Waals surface area (Å²) >= 11 is 0. The van der Waals surface area contributed by atoms with Crippen molar-refractivity contribution in [2.24, 2.45) is 0 Å². The number of nitrogens with one attached hydrogen (secondary N) is 1. The van der Waals surface area contributed by atoms with Crippen LogP contribution in [0.5, 0.6) is 0 Å². The number of carbonyl (C=O) groups is 1. The Morgan fingerprint density at radius 1 is 1.14 bits per heavy atom. The first kappa shape index (κ1) is 27.9. The van der Waals surface area contributed by atoms with Gasteiger partial charge >= 0.3 is 6.09 Å². The van der Waals surface area contributed by atoms with Crippen molar-refractivity contribution in [1.29, 1.82) is 0 Å². The molecule has 0 bridgehead atoms. The predicted molar refractivity (Wildman–Crippen MR) is 137 cm³/mol. The summed E-state index contributed by atoms with van der Waals surface area (Å²) < 4.78 is 59.8. The van der Waals surface area contributed by atoms with Crippen LogP contribution in [0.15, 0.2) is 47.4 Å². The summed E-state index contributed by atoms with van der Waals surface area (Å²) in [6, 6.07) is 11.0. The molecular formula is C27H36F2N2O4S. The van der Waals surface area contributed by atoms with Gasteiger partial charge in [-0.25, -0.2) is 22.0 Å². The molecular weight excluding hydrogens is 486 g/mol. The minimum atomic E-state index is -3.87. The minimum Gasteiger partial charge on any atom is -0.444 e. The molecule has 1 N–H and O–H groups in total. The SMILES string of the molecule is CCCN(C(=O)OC(C)(C)C)[C@@H]1CCc2cc(NS(=O)(=O)c3ccc(C(C)C(F)F)cc3)ccc2C1. The lowest BCUT2D eigenvalue weighted by Gasteiger charge is -2.36. The Kier molecular flexibility index (Phi) is 8.64. The summed E-state index contributed by atoms with van der Waals surface area (Å²) in [5.41, 5.74) is 2.37. The van der Waals surface area contributed by atoms with Crippen molar-refractivity contribution in [3.05, 3.63) is 59.2 Å². The molecule has 2 aromatic carbocycles. The van der Waals surface area contributed by atoms with Crippen molar-refractivity contribution in [2.45, 2.75) is 89.2 Å². The quantitative estimate of drug-likeness (QED) is 0.438. The van der Waals surface area contributed by atoms with Gasteiger partial charge in [0.05, 0.1) is 4.90 Å². The molecule has 0 radical (unpaired) electrons. The summed E-state index contributed by atoms with van der Waals surface area (Å²) in [4.78, 5) is 14.6. The Labute approximate surface area is 213 Å². The molecule has 1 unspecified atom stereocenters. The second-order valence-corrected chi connectivity index (χ2v) is 12.0. The van der Waals surface area contributed by atoms with E-state index in [0.29, 0.717) is 30.6 Å². The third-order valence-corrected chi connectivity index (χ3v) is 7.69. The standard InChI is InChI=1S/C27H36F2N2O4S/c1-6-15-31(26(32)35-27(3,4)5)23-12-8-20-16-22(11-7-21(20)17-23)30-36(33,34)24-13-9-19(10-14-24)18(2)25(28)29/h7,9-11,13-14,16,18,23,25,30H,6,8,12,15,17H2,1-5H3/t18?,23-/m1/s1. The van der Waals surface area contributed by atoms with Gasteiger partial charge in [0.2, 0.25) is 6.43 Å². The zero-order valence-electron chi connectivity index (χ0n) is 21.6. The van der Waals surface area contributed by atoms with Gasteiger partial charge in [-0.2, -0.15) is 0 Å². The highest BCUT2D eigenvalue weighted by atomic mass is 32.2. The van der Waals surface area contributed by atoms with Crippen LogP contribution in [-0.4, -0.2) is 44.0 Å². The van der Waals surface area contributed by atoms with E-state index in [1.165, 1.54) is 31.2 Å². The Morgan fingerprint density at radius 2 is 1.81 bits per heavy atom. The maximum atomic E-state index is 12.9. The number of halogens is 2. The third-order valence-electron chi connectivity index (χ3n) is 6.29. The van der Waals surface area contributed by atoms with Crippen LogP contribution in [0.1, 0.15) is 70.1 Å². The Morgan fingerprint density at radius 3 is 2.39 bits per heavy atom. The van der Waals surface area contributed by atoms with Crippen LogP contribution in [0, 0.1) is 0 Å². The number of amides is 1. The van der Waals surface area contributed by atoms with Crippen LogP contribution in [0.2, 0.25) is 0 Å². The van der Waals surface area contributed by atoms with Crippen molar-refractivity contribution in [2.75, 3.05) is 11.3 Å². The van der Waals surface area contributed by atoms with Gasteiger partial charge < -0.3 is 9.64 Å². The second-order valence-electron chi connectivity index (χ2n) is 10.4. The van der Waals surface area contributed by atoms with Crippen LogP contribution in [0.25, 0.3) is 0 Å². The summed E-state index contributed by atoms with van der Waals surface area (Å²) in [5.74, 6) is -0.970. The van der Waals surface area contributed by atoms with Gasteiger partial charge in [-0.3, -0.25) is 4.72 Å². The Hall–Kier alpha value is -2.68. The fourth-order valence-corrected chi connectivity index (χ4v) is 5.41. The van der Waals surface area contributed by atoms with Crippen molar-refractivity contribution in [3.8, 4) is 0 Å². The van der Waals surface area contributed by atoms with Gasteiger partial charge in [0, 0.05) is 24.2 Å². The summed E-state index contributed by atoms with van der Waals surface area (Å²) in [5, 5.41) is 0. The lowest BCUT2D eigenvalue weighted by atomic mass is 9.87. The minimum absolute atomic E-state index is 0.0121. The van der Waals surface area contributed by atoms with Crippen LogP contribution in [-0.2, 0) is 27.6 Å². The van der Waals surface area contributed by atoms with Crippen molar-refractivity contribution in [3.63, 3.8) is 0 Å². The molecule has 36 heavy (non-hydrogen) atoms. The largest absolute Gasteiger partial charge is 0.444 e. The van der Waals surface area contributed by atoms with Crippen molar-refractivity contribution < 1.29 is 26.7 Å². The molecule has 1 aliphatic rings. The summed E-state index contributed by atoms with van der Waals surface area (Å²) in [6.45, 7) is 9.60. The van der Waals surface area contributed by atoms with Gasteiger partial charge in [0.1, 0.15) is 5.60 Å². The number of fused-ring (bicyclic) bond motifs is 1. The number of anilines is 1. The number of nitrogens with zero attached hydrogens (tertiary/aromatic N) is 1. The van der Waals surface area contributed by atoms with E-state index in [0.717, 1.165) is 24.0 Å². The average Bonchev–Trinajstić information content (AvgIpc) is 2.80. The fraction of sp³-hybridized carbons (Fsp3) is 0.519. The highest BCUT2D eigenvalue weighted by Crippen LogP contribution is 2.30. The van der Waals surface area contributed by atoms with E-state index in [-0.39, 0.29) is 17.0 Å². The lowest BCUT2D eigenvalue weighted by Crippen LogP contribution is -2.46. The molecule has 3 rings (SSSR count). The summed E-state index contributed by atoms with van der Waals surface area (Å²) in [6.07, 6.45) is 0.136. The molecule has 9 heteroatoms. The molecule has 0 spiro atoms. The predicted octanol–water partition coefficient (Wildman–Crippen LogP) is 6.36. The Bertz CT molecular complexity index is 1160. The zero-order chi connectivity index (χ0) is 26.7. The molecule has 0 aliphatic heterocycles. The van der Waals surface area contributed by atoms with E-state index in [4.69, 9.17) is 4.74 Å². The first-order valence-electron chi connectivity index (χ1n) is 12.3. The van der Waals surface area contributed by atoms with Gasteiger partial charge in [-0.15, -0.1) is 0 Å². The van der Waals surface area contributed by atoms with E-state index in [9.17, 15) is 22.0 Å². The molecule has 6 nitrogen and oxygen atoms in total. The van der Waals surface area contributed by atoms with E-state index < -0.39 is 28.0 Å². The number of rotatable bonds is 8. The van der Waals surface area contributed by atoms with Crippen LogP contribution in [0.3, 0.4) is 0 Å². The topological polar surface area (TPSA) is 75.7 Å². The van der Waals surface area contributed by atoms with E-state index in [1.54, 1.807) is 6.07 Å². The molecule has 2 atom stereocenters. The smallest absolute Gasteiger partial charge is 0.410 e. The number of aryl methyl sites for hydroxylation is 1. The molecule has 0 fully saturated rings. The van der Waals surface area contributed by atoms with E-state index >= 15 is 0 Å². The fourth-order valence-electron chi connectivity index (χ4n) is 4.36. The van der Waals surface area contributed by atoms with Gasteiger partial charge in [0.25, 0.3) is 10.0 Å². The molecule has 198 valence electrons. The van der Waals surface area contributed by atoms with E-state index in [2.05, 4.69) is 4.72 Å². The number of hydrogen-bond acceptors (Lipinski definition) is 4. The zero-order valence-corrected chi connectivity index (χ0v) is 22.4. The molecule has 0 heterocycles. The molecule has 1 aliphatic carbocycles. The highest BCUT2D eigenvalue weighted by Gasteiger charge is 2.31. The molecule has 0 saturated carbocycles. The van der Waals surface area contributed by atoms with Crippen LogP contribution < -0.4 is 4.72 Å². The van der Waals surface area contributed by atoms with Crippen LogP contribution in [0.4, 0.5) is 19.3 Å². The number of alkyl halides is 2. The van der Waals surface area contributed by atoms with E-state index in [1.807, 2.05) is 44.7 Å². The maximum absolute atomic E-state index is 12.9. The number of ether oxygens (including phenoxy) is 1. The number of carbonyl (C=O) groups excluding carboxylic acids is 1. The van der Waals surface area contributed by atoms with Gasteiger partial charge in [0.15, 0.2) is 0 Å². The first-order chi connectivity index (χ1) is 16.8. The molecule has 0 aromatic heterocycles. The van der Waals surface area contributed by atoms with Gasteiger partial charge in [-0.05, 0) is 87.4 Å². The number of hydrogen-bond donors (Lipinski definition) is 1. The normalized spacial score (nSPS) is 16.8. The molecule has 1 amide bonds. The average molecular weight is 523 g/mol. The monoisotopic (exact) mass is 522 g/mol. The number of benzene rings is 2. The second kappa shape index (κ2) is 11.2. The molecule has 2 aromatic rings. The van der Waals surface area contributed by atoms with Crippen LogP contribution >= 0.6 is 0 Å². The molecule has 0 saturated heterocycles. The first-order valence-corrected chi connectivity index (χ1v) is 13.8. The van der Waals surface area contributed by atoms with Gasteiger partial charge in [-0.1, -0.05) is 32.0 Å².